The van der Waals surface area contributed by atoms with Crippen molar-refractivity contribution in [2.24, 2.45) is 0 Å². The summed E-state index contributed by atoms with van der Waals surface area (Å²) < 4.78 is 5.94. The maximum absolute atomic E-state index is 12.3. The smallest absolute Gasteiger partial charge is 0.265 e. The average molecular weight is 304 g/mol. The molecule has 1 aliphatic carbocycles. The van der Waals surface area contributed by atoms with Crippen LogP contribution in [0.5, 0.6) is 0 Å². The summed E-state index contributed by atoms with van der Waals surface area (Å²) in [6.45, 7) is 1.29. The Morgan fingerprint density at radius 2 is 2.44 bits per heavy atom. The monoisotopic (exact) mass is 303 g/mol. The third-order valence-electron chi connectivity index (χ3n) is 2.60. The van der Waals surface area contributed by atoms with Gasteiger partial charge in [-0.25, -0.2) is 0 Å². The maximum atomic E-state index is 12.3. The van der Waals surface area contributed by atoms with Gasteiger partial charge >= 0.3 is 0 Å². The Hall–Kier alpha value is -0.390. The number of nitrogens with zero attached hydrogens (tertiary/aromatic N) is 1. The molecule has 0 aliphatic heterocycles. The minimum absolute atomic E-state index is 0.126. The average Bonchev–Trinajstić information content (AvgIpc) is 3.01. The number of carbonyl (C=O) groups excluding carboxylic acids is 1. The summed E-state index contributed by atoms with van der Waals surface area (Å²) in [4.78, 5) is 15.0. The van der Waals surface area contributed by atoms with Gasteiger partial charge in [-0.2, -0.15) is 0 Å². The molecule has 0 radical (unpaired) electrons. The molecular weight excluding hydrogens is 290 g/mol. The first-order valence-electron chi connectivity index (χ1n) is 5.27. The largest absolute Gasteiger partial charge is 0.383 e. The molecule has 88 valence electrons. The number of amides is 1. The Balaban J connectivity index is 2.08. The van der Waals surface area contributed by atoms with Crippen molar-refractivity contribution in [1.82, 2.24) is 4.90 Å². The number of hydrogen-bond acceptors (Lipinski definition) is 3. The molecule has 3 nitrogen and oxygen atoms in total. The Morgan fingerprint density at radius 3 is 2.94 bits per heavy atom. The molecule has 0 spiro atoms. The molecule has 16 heavy (non-hydrogen) atoms. The molecule has 1 amide bonds. The lowest BCUT2D eigenvalue weighted by Crippen LogP contribution is -2.35. The Bertz CT molecular complexity index is 376. The molecular formula is C11H14BrNO2S. The van der Waals surface area contributed by atoms with Crippen molar-refractivity contribution >= 4 is 33.2 Å². The quantitative estimate of drug-likeness (QED) is 0.837. The highest BCUT2D eigenvalue weighted by molar-refractivity contribution is 9.10. The van der Waals surface area contributed by atoms with Gasteiger partial charge in [0.2, 0.25) is 0 Å². The topological polar surface area (TPSA) is 29.5 Å². The summed E-state index contributed by atoms with van der Waals surface area (Å²) in [5.74, 6) is 0.126. The van der Waals surface area contributed by atoms with Crippen LogP contribution in [0.2, 0.25) is 0 Å². The molecule has 0 bridgehead atoms. The fraction of sp³-hybridized carbons (Fsp3) is 0.545. The number of hydrogen-bond donors (Lipinski definition) is 0. The maximum Gasteiger partial charge on any atom is 0.265 e. The summed E-state index contributed by atoms with van der Waals surface area (Å²) >= 11 is 4.89. The SMILES string of the molecule is COCCN(C(=O)c1sccc1Br)C1CC1. The molecule has 1 fully saturated rings. The number of ether oxygens (including phenoxy) is 1. The fourth-order valence-electron chi connectivity index (χ4n) is 1.60. The van der Waals surface area contributed by atoms with E-state index in [9.17, 15) is 4.79 Å². The van der Waals surface area contributed by atoms with Crippen LogP contribution >= 0.6 is 27.3 Å². The lowest BCUT2D eigenvalue weighted by Gasteiger charge is -2.21. The molecule has 0 saturated heterocycles. The lowest BCUT2D eigenvalue weighted by molar-refractivity contribution is 0.0684. The van der Waals surface area contributed by atoms with Crippen molar-refractivity contribution in [3.63, 3.8) is 0 Å². The second-order valence-electron chi connectivity index (χ2n) is 3.82. The minimum Gasteiger partial charge on any atom is -0.383 e. The van der Waals surface area contributed by atoms with Crippen LogP contribution in [0.3, 0.4) is 0 Å². The first-order valence-corrected chi connectivity index (χ1v) is 6.94. The van der Waals surface area contributed by atoms with Gasteiger partial charge in [0.25, 0.3) is 5.91 Å². The molecule has 1 heterocycles. The van der Waals surface area contributed by atoms with Crippen LogP contribution in [0, 0.1) is 0 Å². The van der Waals surface area contributed by atoms with Gasteiger partial charge in [0, 0.05) is 24.2 Å². The van der Waals surface area contributed by atoms with E-state index in [1.807, 2.05) is 16.3 Å². The lowest BCUT2D eigenvalue weighted by atomic mass is 10.3. The fourth-order valence-corrected chi connectivity index (χ4v) is 3.10. The predicted octanol–water partition coefficient (Wildman–Crippen LogP) is 2.76. The van der Waals surface area contributed by atoms with E-state index >= 15 is 0 Å². The molecule has 0 unspecified atom stereocenters. The van der Waals surface area contributed by atoms with Gasteiger partial charge in [-0.05, 0) is 40.2 Å². The van der Waals surface area contributed by atoms with Crippen molar-refractivity contribution < 1.29 is 9.53 Å². The van der Waals surface area contributed by atoms with Crippen LogP contribution in [0.15, 0.2) is 15.9 Å². The van der Waals surface area contributed by atoms with E-state index in [0.29, 0.717) is 19.2 Å². The molecule has 1 aliphatic rings. The summed E-state index contributed by atoms with van der Waals surface area (Å²) in [6, 6.07) is 2.34. The standard InChI is InChI=1S/C11H14BrNO2S/c1-15-6-5-13(8-2-3-8)11(14)10-9(12)4-7-16-10/h4,7-8H,2-3,5-6H2,1H3. The molecule has 5 heteroatoms. The van der Waals surface area contributed by atoms with Gasteiger partial charge in [0.15, 0.2) is 0 Å². The molecule has 1 saturated carbocycles. The second kappa shape index (κ2) is 5.29. The van der Waals surface area contributed by atoms with Crippen LogP contribution in [-0.4, -0.2) is 37.1 Å². The van der Waals surface area contributed by atoms with E-state index in [-0.39, 0.29) is 5.91 Å². The third-order valence-corrected chi connectivity index (χ3v) is 4.42. The Morgan fingerprint density at radius 1 is 1.69 bits per heavy atom. The van der Waals surface area contributed by atoms with Gasteiger partial charge in [-0.1, -0.05) is 0 Å². The van der Waals surface area contributed by atoms with Crippen LogP contribution < -0.4 is 0 Å². The van der Waals surface area contributed by atoms with Crippen molar-refractivity contribution in [2.75, 3.05) is 20.3 Å². The van der Waals surface area contributed by atoms with Gasteiger partial charge in [0.05, 0.1) is 6.61 Å². The van der Waals surface area contributed by atoms with E-state index in [0.717, 1.165) is 22.2 Å². The highest BCUT2D eigenvalue weighted by atomic mass is 79.9. The zero-order chi connectivity index (χ0) is 11.5. The van der Waals surface area contributed by atoms with E-state index in [2.05, 4.69) is 15.9 Å². The summed E-state index contributed by atoms with van der Waals surface area (Å²) in [5, 5.41) is 1.93. The summed E-state index contributed by atoms with van der Waals surface area (Å²) in [7, 11) is 1.66. The molecule has 0 aromatic carbocycles. The van der Waals surface area contributed by atoms with Crippen molar-refractivity contribution in [3.8, 4) is 0 Å². The molecule has 2 rings (SSSR count). The van der Waals surface area contributed by atoms with Crippen molar-refractivity contribution in [3.05, 3.63) is 20.8 Å². The molecule has 0 atom stereocenters. The number of carbonyl (C=O) groups is 1. The van der Waals surface area contributed by atoms with Gasteiger partial charge in [-0.3, -0.25) is 4.79 Å². The summed E-state index contributed by atoms with van der Waals surface area (Å²) in [5.41, 5.74) is 0. The zero-order valence-electron chi connectivity index (χ0n) is 9.11. The van der Waals surface area contributed by atoms with Gasteiger partial charge < -0.3 is 9.64 Å². The highest BCUT2D eigenvalue weighted by Crippen LogP contribution is 2.31. The van der Waals surface area contributed by atoms with E-state index in [1.54, 1.807) is 7.11 Å². The summed E-state index contributed by atoms with van der Waals surface area (Å²) in [6.07, 6.45) is 2.25. The number of halogens is 1. The minimum atomic E-state index is 0.126. The normalized spacial score (nSPS) is 15.1. The molecule has 1 aromatic rings. The zero-order valence-corrected chi connectivity index (χ0v) is 11.5. The van der Waals surface area contributed by atoms with Crippen LogP contribution in [0.25, 0.3) is 0 Å². The van der Waals surface area contributed by atoms with Crippen molar-refractivity contribution in [1.29, 1.82) is 0 Å². The van der Waals surface area contributed by atoms with Gasteiger partial charge in [0.1, 0.15) is 4.88 Å². The van der Waals surface area contributed by atoms with E-state index in [4.69, 9.17) is 4.74 Å². The van der Waals surface area contributed by atoms with Crippen LogP contribution in [-0.2, 0) is 4.74 Å². The number of rotatable bonds is 5. The first-order chi connectivity index (χ1) is 7.74. The van der Waals surface area contributed by atoms with E-state index in [1.165, 1.54) is 11.3 Å². The highest BCUT2D eigenvalue weighted by Gasteiger charge is 2.33. The Kier molecular flexibility index (Phi) is 4.00. The van der Waals surface area contributed by atoms with E-state index < -0.39 is 0 Å². The van der Waals surface area contributed by atoms with Crippen LogP contribution in [0.1, 0.15) is 22.5 Å². The van der Waals surface area contributed by atoms with Gasteiger partial charge in [-0.15, -0.1) is 11.3 Å². The second-order valence-corrected chi connectivity index (χ2v) is 5.59. The third kappa shape index (κ3) is 2.64. The number of methoxy groups -OCH3 is 1. The Labute approximate surface area is 108 Å². The molecule has 1 aromatic heterocycles. The van der Waals surface area contributed by atoms with Crippen molar-refractivity contribution in [2.45, 2.75) is 18.9 Å². The molecule has 0 N–H and O–H groups in total. The predicted molar refractivity (Wildman–Crippen MR) is 68.0 cm³/mol. The first kappa shape index (κ1) is 12.1. The number of thiophene rings is 1. The van der Waals surface area contributed by atoms with Crippen LogP contribution in [0.4, 0.5) is 0 Å².